The number of rotatable bonds is 4. The van der Waals surface area contributed by atoms with E-state index in [4.69, 9.17) is 5.73 Å². The fraction of sp³-hybridized carbons (Fsp3) is 0.571. The second kappa shape index (κ2) is 6.57. The highest BCUT2D eigenvalue weighted by Gasteiger charge is 2.15. The van der Waals surface area contributed by atoms with Crippen LogP contribution >= 0.6 is 15.9 Å². The first-order chi connectivity index (χ1) is 9.06. The molecular weight excluding hydrogens is 309 g/mol. The van der Waals surface area contributed by atoms with Crippen LogP contribution < -0.4 is 11.1 Å². The van der Waals surface area contributed by atoms with Crippen molar-refractivity contribution in [2.75, 3.05) is 37.2 Å². The largest absolute Gasteiger partial charge is 0.397 e. The Kier molecular flexibility index (Phi) is 5.05. The molecule has 0 aliphatic carbocycles. The molecule has 3 N–H and O–H groups in total. The van der Waals surface area contributed by atoms with Crippen LogP contribution in [0.25, 0.3) is 0 Å². The topological polar surface area (TPSA) is 41.3 Å². The van der Waals surface area contributed by atoms with Crippen molar-refractivity contribution in [3.05, 3.63) is 22.4 Å². The molecule has 2 rings (SSSR count). The summed E-state index contributed by atoms with van der Waals surface area (Å²) in [6, 6.07) is 3.04. The molecule has 0 bridgehead atoms. The van der Waals surface area contributed by atoms with E-state index in [2.05, 4.69) is 33.1 Å². The normalized spacial score (nSPS) is 17.6. The maximum atomic E-state index is 13.2. The summed E-state index contributed by atoms with van der Waals surface area (Å²) in [5, 5.41) is 3.28. The van der Waals surface area contributed by atoms with Crippen LogP contribution in [0, 0.1) is 11.7 Å². The molecule has 19 heavy (non-hydrogen) atoms. The standard InChI is InChI=1S/C14H21BrFN3/c1-10-2-5-19(6-3-10)7-4-18-14-8-11(15)12(16)9-13(14)17/h8-10,18H,2-7,17H2,1H3. The van der Waals surface area contributed by atoms with Crippen molar-refractivity contribution in [2.24, 2.45) is 5.92 Å². The number of anilines is 2. The third kappa shape index (κ3) is 4.08. The van der Waals surface area contributed by atoms with E-state index < -0.39 is 0 Å². The summed E-state index contributed by atoms with van der Waals surface area (Å²) in [6.45, 7) is 6.49. The summed E-state index contributed by atoms with van der Waals surface area (Å²) in [6.07, 6.45) is 2.56. The Bertz CT molecular complexity index is 431. The van der Waals surface area contributed by atoms with E-state index in [-0.39, 0.29) is 5.82 Å². The van der Waals surface area contributed by atoms with Crippen LogP contribution in [0.2, 0.25) is 0 Å². The maximum Gasteiger partial charge on any atom is 0.139 e. The number of likely N-dealkylation sites (tertiary alicyclic amines) is 1. The number of halogens is 2. The Balaban J connectivity index is 1.81. The molecule has 0 spiro atoms. The van der Waals surface area contributed by atoms with Gasteiger partial charge in [0.15, 0.2) is 0 Å². The molecule has 1 aromatic rings. The highest BCUT2D eigenvalue weighted by molar-refractivity contribution is 9.10. The number of hydrogen-bond acceptors (Lipinski definition) is 3. The molecule has 0 atom stereocenters. The first-order valence-corrected chi connectivity index (χ1v) is 7.56. The van der Waals surface area contributed by atoms with Crippen LogP contribution in [0.4, 0.5) is 15.8 Å². The zero-order valence-electron chi connectivity index (χ0n) is 11.3. The number of nitrogens with zero attached hydrogens (tertiary/aromatic N) is 1. The summed E-state index contributed by atoms with van der Waals surface area (Å²) in [4.78, 5) is 2.46. The molecule has 106 valence electrons. The Morgan fingerprint density at radius 3 is 2.79 bits per heavy atom. The molecule has 1 aliphatic rings. The van der Waals surface area contributed by atoms with Gasteiger partial charge in [-0.1, -0.05) is 6.92 Å². The van der Waals surface area contributed by atoms with Gasteiger partial charge >= 0.3 is 0 Å². The number of nitrogen functional groups attached to an aromatic ring is 1. The lowest BCUT2D eigenvalue weighted by Gasteiger charge is -2.30. The summed E-state index contributed by atoms with van der Waals surface area (Å²) >= 11 is 3.17. The molecule has 1 aromatic carbocycles. The number of nitrogens with two attached hydrogens (primary N) is 1. The van der Waals surface area contributed by atoms with Crippen LogP contribution in [-0.4, -0.2) is 31.1 Å². The molecule has 0 amide bonds. The van der Waals surface area contributed by atoms with Gasteiger partial charge in [0, 0.05) is 19.2 Å². The second-order valence-electron chi connectivity index (χ2n) is 5.30. The molecule has 1 aliphatic heterocycles. The van der Waals surface area contributed by atoms with Gasteiger partial charge < -0.3 is 16.0 Å². The Morgan fingerprint density at radius 2 is 2.11 bits per heavy atom. The van der Waals surface area contributed by atoms with E-state index in [0.717, 1.165) is 24.7 Å². The molecule has 1 saturated heterocycles. The van der Waals surface area contributed by atoms with Crippen molar-refractivity contribution in [1.29, 1.82) is 0 Å². The van der Waals surface area contributed by atoms with E-state index in [1.54, 1.807) is 6.07 Å². The fourth-order valence-corrected chi connectivity index (χ4v) is 2.69. The summed E-state index contributed by atoms with van der Waals surface area (Å²) in [5.74, 6) is 0.529. The lowest BCUT2D eigenvalue weighted by Crippen LogP contribution is -2.36. The average molecular weight is 330 g/mol. The van der Waals surface area contributed by atoms with Gasteiger partial charge in [-0.15, -0.1) is 0 Å². The zero-order valence-corrected chi connectivity index (χ0v) is 12.8. The summed E-state index contributed by atoms with van der Waals surface area (Å²) in [5.41, 5.74) is 7.03. The molecule has 0 aromatic heterocycles. The number of piperidine rings is 1. The van der Waals surface area contributed by atoms with Crippen molar-refractivity contribution >= 4 is 27.3 Å². The van der Waals surface area contributed by atoms with Crippen LogP contribution in [0.1, 0.15) is 19.8 Å². The lowest BCUT2D eigenvalue weighted by atomic mass is 9.99. The van der Waals surface area contributed by atoms with E-state index in [1.165, 1.54) is 32.0 Å². The molecule has 1 heterocycles. The van der Waals surface area contributed by atoms with Crippen molar-refractivity contribution in [3.8, 4) is 0 Å². The highest BCUT2D eigenvalue weighted by atomic mass is 79.9. The third-order valence-electron chi connectivity index (χ3n) is 3.71. The highest BCUT2D eigenvalue weighted by Crippen LogP contribution is 2.26. The first kappa shape index (κ1) is 14.6. The molecule has 0 radical (unpaired) electrons. The van der Waals surface area contributed by atoms with Crippen molar-refractivity contribution in [1.82, 2.24) is 4.90 Å². The molecule has 0 saturated carbocycles. The molecule has 0 unspecified atom stereocenters. The van der Waals surface area contributed by atoms with Crippen LogP contribution in [0.3, 0.4) is 0 Å². The quantitative estimate of drug-likeness (QED) is 0.832. The van der Waals surface area contributed by atoms with Gasteiger partial charge in [0.1, 0.15) is 5.82 Å². The van der Waals surface area contributed by atoms with Gasteiger partial charge in [-0.2, -0.15) is 0 Å². The molecular formula is C14H21BrFN3. The maximum absolute atomic E-state index is 13.2. The van der Waals surface area contributed by atoms with E-state index >= 15 is 0 Å². The minimum atomic E-state index is -0.326. The summed E-state index contributed by atoms with van der Waals surface area (Å²) in [7, 11) is 0. The van der Waals surface area contributed by atoms with Gasteiger partial charge in [-0.25, -0.2) is 4.39 Å². The monoisotopic (exact) mass is 329 g/mol. The Labute approximate surface area is 122 Å². The summed E-state index contributed by atoms with van der Waals surface area (Å²) < 4.78 is 13.7. The first-order valence-electron chi connectivity index (χ1n) is 6.77. The van der Waals surface area contributed by atoms with Gasteiger partial charge in [-0.3, -0.25) is 0 Å². The van der Waals surface area contributed by atoms with E-state index in [1.807, 2.05) is 0 Å². The Hall–Kier alpha value is -0.810. The SMILES string of the molecule is CC1CCN(CCNc2cc(Br)c(F)cc2N)CC1. The predicted octanol–water partition coefficient (Wildman–Crippen LogP) is 3.31. The van der Waals surface area contributed by atoms with E-state index in [0.29, 0.717) is 10.2 Å². The van der Waals surface area contributed by atoms with Crippen molar-refractivity contribution in [2.45, 2.75) is 19.8 Å². The van der Waals surface area contributed by atoms with Gasteiger partial charge in [-0.05, 0) is 53.8 Å². The van der Waals surface area contributed by atoms with Gasteiger partial charge in [0.2, 0.25) is 0 Å². The lowest BCUT2D eigenvalue weighted by molar-refractivity contribution is 0.199. The second-order valence-corrected chi connectivity index (χ2v) is 6.16. The van der Waals surface area contributed by atoms with Crippen LogP contribution in [0.5, 0.6) is 0 Å². The minimum absolute atomic E-state index is 0.326. The molecule has 3 nitrogen and oxygen atoms in total. The number of nitrogens with one attached hydrogen (secondary N) is 1. The molecule has 1 fully saturated rings. The minimum Gasteiger partial charge on any atom is -0.397 e. The zero-order chi connectivity index (χ0) is 13.8. The molecule has 5 heteroatoms. The van der Waals surface area contributed by atoms with Crippen molar-refractivity contribution < 1.29 is 4.39 Å². The van der Waals surface area contributed by atoms with Crippen molar-refractivity contribution in [3.63, 3.8) is 0 Å². The number of benzene rings is 1. The third-order valence-corrected chi connectivity index (χ3v) is 4.32. The van der Waals surface area contributed by atoms with Crippen LogP contribution in [-0.2, 0) is 0 Å². The predicted molar refractivity (Wildman–Crippen MR) is 81.8 cm³/mol. The smallest absolute Gasteiger partial charge is 0.139 e. The van der Waals surface area contributed by atoms with E-state index in [9.17, 15) is 4.39 Å². The number of hydrogen-bond donors (Lipinski definition) is 2. The fourth-order valence-electron chi connectivity index (χ4n) is 2.35. The van der Waals surface area contributed by atoms with Gasteiger partial charge in [0.25, 0.3) is 0 Å². The van der Waals surface area contributed by atoms with Gasteiger partial charge in [0.05, 0.1) is 15.8 Å². The Morgan fingerprint density at radius 1 is 1.42 bits per heavy atom. The average Bonchev–Trinajstić information content (AvgIpc) is 2.38. The van der Waals surface area contributed by atoms with Crippen LogP contribution in [0.15, 0.2) is 16.6 Å².